The van der Waals surface area contributed by atoms with Crippen molar-refractivity contribution in [1.82, 2.24) is 9.21 Å². The topological polar surface area (TPSA) is 76.2 Å². The highest BCUT2D eigenvalue weighted by Gasteiger charge is 2.30. The van der Waals surface area contributed by atoms with Crippen LogP contribution in [0.5, 0.6) is 11.5 Å². The van der Waals surface area contributed by atoms with Gasteiger partial charge in [0.25, 0.3) is 0 Å². The van der Waals surface area contributed by atoms with Crippen LogP contribution < -0.4 is 9.47 Å². The molecule has 1 aliphatic carbocycles. The lowest BCUT2D eigenvalue weighted by Gasteiger charge is -2.34. The van der Waals surface area contributed by atoms with E-state index in [1.807, 2.05) is 30.3 Å². The van der Waals surface area contributed by atoms with Crippen molar-refractivity contribution >= 4 is 15.9 Å². The normalized spacial score (nSPS) is 18.4. The molecule has 170 valence electrons. The van der Waals surface area contributed by atoms with E-state index < -0.39 is 10.0 Å². The molecule has 2 aliphatic heterocycles. The van der Waals surface area contributed by atoms with Gasteiger partial charge in [-0.05, 0) is 73.1 Å². The van der Waals surface area contributed by atoms with Gasteiger partial charge in [-0.15, -0.1) is 0 Å². The molecule has 0 unspecified atom stereocenters. The molecule has 0 aromatic heterocycles. The number of carbonyl (C=O) groups excluding carboxylic acids is 1. The lowest BCUT2D eigenvalue weighted by molar-refractivity contribution is -0.132. The Morgan fingerprint density at radius 3 is 2.44 bits per heavy atom. The number of aryl methyl sites for hydroxylation is 3. The lowest BCUT2D eigenvalue weighted by Crippen LogP contribution is -2.50. The molecule has 2 heterocycles. The van der Waals surface area contributed by atoms with Crippen LogP contribution in [0.25, 0.3) is 0 Å². The van der Waals surface area contributed by atoms with Gasteiger partial charge in [-0.1, -0.05) is 12.1 Å². The van der Waals surface area contributed by atoms with Crippen LogP contribution in [0.2, 0.25) is 0 Å². The van der Waals surface area contributed by atoms with E-state index in [-0.39, 0.29) is 12.7 Å². The molecule has 32 heavy (non-hydrogen) atoms. The van der Waals surface area contributed by atoms with Crippen molar-refractivity contribution in [3.63, 3.8) is 0 Å². The van der Waals surface area contributed by atoms with Crippen LogP contribution in [-0.2, 0) is 34.1 Å². The van der Waals surface area contributed by atoms with Crippen LogP contribution in [0.1, 0.15) is 36.0 Å². The summed E-state index contributed by atoms with van der Waals surface area (Å²) in [6, 6.07) is 11.3. The van der Waals surface area contributed by atoms with E-state index in [9.17, 15) is 13.2 Å². The van der Waals surface area contributed by atoms with Crippen molar-refractivity contribution in [2.24, 2.45) is 0 Å². The summed E-state index contributed by atoms with van der Waals surface area (Å²) in [6.07, 6.45) is 5.26. The van der Waals surface area contributed by atoms with E-state index in [4.69, 9.17) is 9.47 Å². The zero-order valence-corrected chi connectivity index (χ0v) is 18.9. The summed E-state index contributed by atoms with van der Waals surface area (Å²) in [5.41, 5.74) is 3.46. The predicted molar refractivity (Wildman–Crippen MR) is 119 cm³/mol. The fraction of sp³-hybridized carbons (Fsp3) is 0.458. The van der Waals surface area contributed by atoms with Crippen molar-refractivity contribution in [2.75, 3.05) is 33.0 Å². The highest BCUT2D eigenvalue weighted by Crippen LogP contribution is 2.33. The van der Waals surface area contributed by atoms with Gasteiger partial charge in [0, 0.05) is 32.6 Å². The van der Waals surface area contributed by atoms with Crippen LogP contribution in [0.4, 0.5) is 0 Å². The maximum atomic E-state index is 13.2. The number of ether oxygens (including phenoxy) is 2. The third kappa shape index (κ3) is 4.21. The molecule has 1 amide bonds. The zero-order valence-electron chi connectivity index (χ0n) is 18.1. The lowest BCUT2D eigenvalue weighted by atomic mass is 9.92. The molecule has 0 saturated carbocycles. The van der Waals surface area contributed by atoms with Gasteiger partial charge >= 0.3 is 0 Å². The monoisotopic (exact) mass is 456 g/mol. The van der Waals surface area contributed by atoms with E-state index in [0.717, 1.165) is 41.9 Å². The second-order valence-electron chi connectivity index (χ2n) is 8.61. The summed E-state index contributed by atoms with van der Waals surface area (Å²) in [7, 11) is -3.54. The fourth-order valence-electron chi connectivity index (χ4n) is 4.70. The minimum absolute atomic E-state index is 0.0495. The molecule has 0 bridgehead atoms. The third-order valence-electron chi connectivity index (χ3n) is 6.61. The van der Waals surface area contributed by atoms with Gasteiger partial charge in [-0.3, -0.25) is 4.79 Å². The number of benzene rings is 2. The Morgan fingerprint density at radius 2 is 1.62 bits per heavy atom. The van der Waals surface area contributed by atoms with Crippen molar-refractivity contribution in [1.29, 1.82) is 0 Å². The maximum Gasteiger partial charge on any atom is 0.243 e. The molecule has 3 aliphatic rings. The first-order valence-corrected chi connectivity index (χ1v) is 12.7. The largest absolute Gasteiger partial charge is 0.454 e. The van der Waals surface area contributed by atoms with Crippen LogP contribution >= 0.6 is 0 Å². The van der Waals surface area contributed by atoms with Crippen molar-refractivity contribution in [3.05, 3.63) is 53.1 Å². The molecule has 0 radical (unpaired) electrons. The standard InChI is InChI=1S/C24H28N2O5S/c27-24(10-6-18-5-9-22-23(15-18)31-17-30-22)25-11-13-26(14-12-25)32(28,29)21-8-7-19-3-1-2-4-20(19)16-21/h5,7-9,15-16H,1-4,6,10-14,17H2. The number of fused-ring (bicyclic) bond motifs is 2. The smallest absolute Gasteiger partial charge is 0.243 e. The molecule has 0 spiro atoms. The van der Waals surface area contributed by atoms with Gasteiger partial charge in [-0.2, -0.15) is 4.31 Å². The van der Waals surface area contributed by atoms with Crippen LogP contribution in [-0.4, -0.2) is 56.5 Å². The maximum absolute atomic E-state index is 13.2. The Kier molecular flexibility index (Phi) is 5.82. The quantitative estimate of drug-likeness (QED) is 0.692. The van der Waals surface area contributed by atoms with E-state index >= 15 is 0 Å². The van der Waals surface area contributed by atoms with Crippen molar-refractivity contribution < 1.29 is 22.7 Å². The molecule has 0 N–H and O–H groups in total. The number of nitrogens with zero attached hydrogens (tertiary/aromatic N) is 2. The first-order valence-electron chi connectivity index (χ1n) is 11.3. The third-order valence-corrected chi connectivity index (χ3v) is 8.51. The summed E-state index contributed by atoms with van der Waals surface area (Å²) in [6.45, 7) is 1.73. The Bertz CT molecular complexity index is 1120. The highest BCUT2D eigenvalue weighted by molar-refractivity contribution is 7.89. The second-order valence-corrected chi connectivity index (χ2v) is 10.5. The fourth-order valence-corrected chi connectivity index (χ4v) is 6.18. The van der Waals surface area contributed by atoms with E-state index in [1.165, 1.54) is 16.3 Å². The van der Waals surface area contributed by atoms with Gasteiger partial charge in [0.05, 0.1) is 4.90 Å². The zero-order chi connectivity index (χ0) is 22.1. The predicted octanol–water partition coefficient (Wildman–Crippen LogP) is 2.76. The molecule has 7 nitrogen and oxygen atoms in total. The van der Waals surface area contributed by atoms with Gasteiger partial charge in [0.1, 0.15) is 0 Å². The van der Waals surface area contributed by atoms with E-state index in [1.54, 1.807) is 11.0 Å². The van der Waals surface area contributed by atoms with Crippen LogP contribution in [0.3, 0.4) is 0 Å². The average Bonchev–Trinajstić information content (AvgIpc) is 3.30. The number of rotatable bonds is 5. The Labute approximate surface area is 189 Å². The molecule has 8 heteroatoms. The summed E-state index contributed by atoms with van der Waals surface area (Å²) in [5.74, 6) is 1.50. The minimum atomic E-state index is -3.54. The highest BCUT2D eigenvalue weighted by atomic mass is 32.2. The molecule has 2 aromatic carbocycles. The van der Waals surface area contributed by atoms with Gasteiger partial charge in [0.2, 0.25) is 22.7 Å². The number of sulfonamides is 1. The molecule has 2 aromatic rings. The number of carbonyl (C=O) groups is 1. The molecule has 1 fully saturated rings. The van der Waals surface area contributed by atoms with Gasteiger partial charge in [0.15, 0.2) is 11.5 Å². The summed E-state index contributed by atoms with van der Waals surface area (Å²) in [4.78, 5) is 14.8. The van der Waals surface area contributed by atoms with Crippen molar-refractivity contribution in [3.8, 4) is 11.5 Å². The second kappa shape index (κ2) is 8.75. The first kappa shape index (κ1) is 21.3. The number of hydrogen-bond donors (Lipinski definition) is 0. The van der Waals surface area contributed by atoms with Crippen LogP contribution in [0.15, 0.2) is 41.3 Å². The van der Waals surface area contributed by atoms with Gasteiger partial charge < -0.3 is 14.4 Å². The molecule has 0 atom stereocenters. The molecular weight excluding hydrogens is 428 g/mol. The summed E-state index contributed by atoms with van der Waals surface area (Å²) in [5, 5.41) is 0. The Morgan fingerprint density at radius 1 is 0.875 bits per heavy atom. The SMILES string of the molecule is O=C(CCc1ccc2c(c1)OCO2)N1CCN(S(=O)(=O)c2ccc3c(c2)CCCC3)CC1. The van der Waals surface area contributed by atoms with E-state index in [0.29, 0.717) is 43.9 Å². The Balaban J connectivity index is 1.17. The number of hydrogen-bond acceptors (Lipinski definition) is 5. The van der Waals surface area contributed by atoms with Gasteiger partial charge in [-0.25, -0.2) is 8.42 Å². The van der Waals surface area contributed by atoms with E-state index in [2.05, 4.69) is 0 Å². The van der Waals surface area contributed by atoms with Crippen LogP contribution in [0, 0.1) is 0 Å². The molecular formula is C24H28N2O5S. The average molecular weight is 457 g/mol. The summed E-state index contributed by atoms with van der Waals surface area (Å²) < 4.78 is 38.5. The summed E-state index contributed by atoms with van der Waals surface area (Å²) >= 11 is 0. The Hall–Kier alpha value is -2.58. The van der Waals surface area contributed by atoms with Crippen molar-refractivity contribution in [2.45, 2.75) is 43.4 Å². The molecule has 1 saturated heterocycles. The number of piperazine rings is 1. The first-order chi connectivity index (χ1) is 15.5. The minimum Gasteiger partial charge on any atom is -0.454 e. The molecule has 5 rings (SSSR count). The number of amides is 1.